The lowest BCUT2D eigenvalue weighted by Crippen LogP contribution is -2.42. The molecule has 20 heavy (non-hydrogen) atoms. The summed E-state index contributed by atoms with van der Waals surface area (Å²) < 4.78 is 15.9. The molecule has 1 atom stereocenters. The summed E-state index contributed by atoms with van der Waals surface area (Å²) in [6.45, 7) is 0. The number of aliphatic imine (C=N–C) groups is 1. The summed E-state index contributed by atoms with van der Waals surface area (Å²) in [5.74, 6) is 1.75. The van der Waals surface area contributed by atoms with Crippen LogP contribution in [0.5, 0.6) is 17.2 Å². The minimum absolute atomic E-state index is 0.240. The molecule has 0 spiro atoms. The van der Waals surface area contributed by atoms with Crippen LogP contribution in [0.3, 0.4) is 0 Å². The fourth-order valence-corrected chi connectivity index (χ4v) is 2.00. The number of nitrogens with zero attached hydrogens (tertiary/aromatic N) is 1. The van der Waals surface area contributed by atoms with Crippen LogP contribution in [0.15, 0.2) is 29.4 Å². The Morgan fingerprint density at radius 3 is 2.15 bits per heavy atom. The summed E-state index contributed by atoms with van der Waals surface area (Å²) in [4.78, 5) is 4.21. The van der Waals surface area contributed by atoms with Crippen LogP contribution in [0, 0.1) is 0 Å². The highest BCUT2D eigenvalue weighted by Crippen LogP contribution is 2.41. The number of rotatable bonds is 4. The first kappa shape index (κ1) is 14.0. The molecule has 0 saturated heterocycles. The van der Waals surface area contributed by atoms with Crippen LogP contribution in [0.4, 0.5) is 0 Å². The molecule has 0 saturated carbocycles. The standard InChI is InChI=1S/C13H18N4O3/c1-18-9-6-8(7-10(19-2)11(9)20-3)13(15)4-5-16-12(14)17-13/h4-7H,15H2,1-3H3,(H3,14,16,17). The Kier molecular flexibility index (Phi) is 3.71. The first-order chi connectivity index (χ1) is 9.54. The Labute approximate surface area is 117 Å². The topological polar surface area (TPSA) is 104 Å². The number of methoxy groups -OCH3 is 3. The van der Waals surface area contributed by atoms with Crippen LogP contribution >= 0.6 is 0 Å². The Hall–Kier alpha value is -2.41. The van der Waals surface area contributed by atoms with E-state index in [0.29, 0.717) is 22.8 Å². The molecule has 0 aliphatic carbocycles. The van der Waals surface area contributed by atoms with Crippen molar-refractivity contribution in [3.05, 3.63) is 30.0 Å². The molecule has 1 aliphatic heterocycles. The molecule has 0 amide bonds. The number of ether oxygens (including phenoxy) is 3. The van der Waals surface area contributed by atoms with Crippen LogP contribution in [-0.2, 0) is 5.66 Å². The molecule has 0 aromatic heterocycles. The zero-order valence-electron chi connectivity index (χ0n) is 11.6. The number of hydrogen-bond acceptors (Lipinski definition) is 7. The second-order valence-electron chi connectivity index (χ2n) is 4.21. The highest BCUT2D eigenvalue weighted by molar-refractivity contribution is 5.80. The average Bonchev–Trinajstić information content (AvgIpc) is 2.45. The van der Waals surface area contributed by atoms with E-state index in [4.69, 9.17) is 25.7 Å². The molecule has 108 valence electrons. The molecule has 0 bridgehead atoms. The predicted molar refractivity (Wildman–Crippen MR) is 75.9 cm³/mol. The maximum atomic E-state index is 6.26. The molecular formula is C13H18N4O3. The Morgan fingerprint density at radius 1 is 1.10 bits per heavy atom. The Bertz CT molecular complexity index is 546. The van der Waals surface area contributed by atoms with E-state index in [9.17, 15) is 0 Å². The summed E-state index contributed by atoms with van der Waals surface area (Å²) in [6.07, 6.45) is 3.34. The van der Waals surface area contributed by atoms with Gasteiger partial charge in [0.2, 0.25) is 5.75 Å². The maximum Gasteiger partial charge on any atom is 0.203 e. The van der Waals surface area contributed by atoms with Crippen LogP contribution in [0.1, 0.15) is 5.56 Å². The van der Waals surface area contributed by atoms with E-state index in [1.54, 1.807) is 45.7 Å². The smallest absolute Gasteiger partial charge is 0.203 e. The van der Waals surface area contributed by atoms with Gasteiger partial charge in [0.1, 0.15) is 0 Å². The Balaban J connectivity index is 2.58. The highest BCUT2D eigenvalue weighted by Gasteiger charge is 2.29. The second-order valence-corrected chi connectivity index (χ2v) is 4.21. The van der Waals surface area contributed by atoms with Crippen LogP contribution < -0.4 is 31.0 Å². The fraction of sp³-hybridized carbons (Fsp3) is 0.308. The molecule has 7 heteroatoms. The van der Waals surface area contributed by atoms with Gasteiger partial charge in [0.15, 0.2) is 23.1 Å². The van der Waals surface area contributed by atoms with Gasteiger partial charge in [-0.2, -0.15) is 0 Å². The zero-order chi connectivity index (χ0) is 14.8. The lowest BCUT2D eigenvalue weighted by Gasteiger charge is -2.27. The first-order valence-electron chi connectivity index (χ1n) is 5.93. The van der Waals surface area contributed by atoms with E-state index >= 15 is 0 Å². The molecule has 1 aromatic rings. The van der Waals surface area contributed by atoms with Gasteiger partial charge in [0.25, 0.3) is 0 Å². The lowest BCUT2D eigenvalue weighted by atomic mass is 9.99. The Morgan fingerprint density at radius 2 is 1.70 bits per heavy atom. The van der Waals surface area contributed by atoms with E-state index in [-0.39, 0.29) is 5.96 Å². The van der Waals surface area contributed by atoms with Gasteiger partial charge >= 0.3 is 0 Å². The van der Waals surface area contributed by atoms with Gasteiger partial charge in [-0.05, 0) is 18.2 Å². The van der Waals surface area contributed by atoms with E-state index in [1.807, 2.05) is 0 Å². The van der Waals surface area contributed by atoms with E-state index < -0.39 is 5.66 Å². The first-order valence-corrected chi connectivity index (χ1v) is 5.93. The predicted octanol–water partition coefficient (Wildman–Crippen LogP) is 0.256. The molecule has 0 radical (unpaired) electrons. The zero-order valence-corrected chi connectivity index (χ0v) is 11.6. The van der Waals surface area contributed by atoms with Crippen molar-refractivity contribution < 1.29 is 14.2 Å². The molecule has 1 heterocycles. The van der Waals surface area contributed by atoms with Crippen molar-refractivity contribution in [2.75, 3.05) is 21.3 Å². The van der Waals surface area contributed by atoms with Crippen molar-refractivity contribution >= 4 is 5.96 Å². The number of hydrogen-bond donors (Lipinski definition) is 3. The molecule has 7 nitrogen and oxygen atoms in total. The summed E-state index contributed by atoms with van der Waals surface area (Å²) in [5.41, 5.74) is 11.5. The number of nitrogens with one attached hydrogen (secondary N) is 1. The largest absolute Gasteiger partial charge is 0.493 e. The maximum absolute atomic E-state index is 6.26. The molecule has 2 rings (SSSR count). The van der Waals surface area contributed by atoms with Crippen molar-refractivity contribution in [3.8, 4) is 17.2 Å². The minimum atomic E-state index is -1.08. The summed E-state index contributed by atoms with van der Waals surface area (Å²) in [6, 6.07) is 3.49. The van der Waals surface area contributed by atoms with Crippen LogP contribution in [-0.4, -0.2) is 27.3 Å². The van der Waals surface area contributed by atoms with Gasteiger partial charge in [0.05, 0.1) is 21.3 Å². The van der Waals surface area contributed by atoms with E-state index in [0.717, 1.165) is 0 Å². The fourth-order valence-electron chi connectivity index (χ4n) is 2.00. The van der Waals surface area contributed by atoms with Crippen molar-refractivity contribution in [3.63, 3.8) is 0 Å². The molecule has 1 unspecified atom stereocenters. The summed E-state index contributed by atoms with van der Waals surface area (Å²) in [5, 5.41) is 2.77. The monoisotopic (exact) mass is 278 g/mol. The van der Waals surface area contributed by atoms with Gasteiger partial charge in [-0.1, -0.05) is 0 Å². The molecule has 1 aliphatic rings. The third kappa shape index (κ3) is 2.35. The molecule has 5 N–H and O–H groups in total. The molecular weight excluding hydrogens is 260 g/mol. The van der Waals surface area contributed by atoms with Crippen molar-refractivity contribution in [1.82, 2.24) is 5.32 Å². The summed E-state index contributed by atoms with van der Waals surface area (Å²) in [7, 11) is 4.62. The van der Waals surface area contributed by atoms with Gasteiger partial charge in [-0.3, -0.25) is 5.73 Å². The molecule has 1 aromatic carbocycles. The van der Waals surface area contributed by atoms with Crippen LogP contribution in [0.25, 0.3) is 0 Å². The third-order valence-corrected chi connectivity index (χ3v) is 3.00. The SMILES string of the molecule is COc1cc(C2(N)C=CNC(N)=N2)cc(OC)c1OC. The summed E-state index contributed by atoms with van der Waals surface area (Å²) >= 11 is 0. The molecule has 0 fully saturated rings. The normalized spacial score (nSPS) is 20.9. The van der Waals surface area contributed by atoms with E-state index in [1.165, 1.54) is 0 Å². The van der Waals surface area contributed by atoms with Gasteiger partial charge < -0.3 is 25.3 Å². The number of benzene rings is 1. The van der Waals surface area contributed by atoms with Crippen LogP contribution in [0.2, 0.25) is 0 Å². The van der Waals surface area contributed by atoms with Gasteiger partial charge in [0, 0.05) is 11.8 Å². The van der Waals surface area contributed by atoms with Crippen molar-refractivity contribution in [1.29, 1.82) is 0 Å². The highest BCUT2D eigenvalue weighted by atomic mass is 16.5. The minimum Gasteiger partial charge on any atom is -0.493 e. The van der Waals surface area contributed by atoms with E-state index in [2.05, 4.69) is 10.3 Å². The van der Waals surface area contributed by atoms with Crippen molar-refractivity contribution in [2.24, 2.45) is 16.5 Å². The third-order valence-electron chi connectivity index (χ3n) is 3.00. The quantitative estimate of drug-likeness (QED) is 0.729. The van der Waals surface area contributed by atoms with Gasteiger partial charge in [-0.15, -0.1) is 0 Å². The van der Waals surface area contributed by atoms with Crippen molar-refractivity contribution in [2.45, 2.75) is 5.66 Å². The second kappa shape index (κ2) is 5.30. The number of guanidine groups is 1. The number of nitrogens with two attached hydrogens (primary N) is 2. The lowest BCUT2D eigenvalue weighted by molar-refractivity contribution is 0.322. The average molecular weight is 278 g/mol. The van der Waals surface area contributed by atoms with Gasteiger partial charge in [-0.25, -0.2) is 4.99 Å².